The Hall–Kier alpha value is -3.35. The number of hydrogen-bond donors (Lipinski definition) is 1. The molecular formula is C16H8Cl2N4O7S. The summed E-state index contributed by atoms with van der Waals surface area (Å²) >= 11 is 5.92. The van der Waals surface area contributed by atoms with Crippen molar-refractivity contribution >= 4 is 64.9 Å². The average molecular weight is 471 g/mol. The molecule has 0 spiro atoms. The van der Waals surface area contributed by atoms with Gasteiger partial charge in [-0.25, -0.2) is 8.42 Å². The van der Waals surface area contributed by atoms with Crippen LogP contribution in [-0.2, 0) is 9.05 Å². The molecule has 0 aliphatic heterocycles. The van der Waals surface area contributed by atoms with Crippen molar-refractivity contribution in [2.75, 3.05) is 0 Å². The van der Waals surface area contributed by atoms with Crippen molar-refractivity contribution < 1.29 is 23.4 Å². The number of phenolic OH excluding ortho intramolecular Hbond substituents is 1. The van der Waals surface area contributed by atoms with E-state index in [2.05, 4.69) is 10.2 Å². The second kappa shape index (κ2) is 7.82. The molecule has 3 rings (SSSR count). The lowest BCUT2D eigenvalue weighted by Gasteiger charge is -2.06. The first kappa shape index (κ1) is 21.4. The van der Waals surface area contributed by atoms with Gasteiger partial charge in [-0.05, 0) is 30.3 Å². The van der Waals surface area contributed by atoms with Crippen molar-refractivity contribution in [3.05, 3.63) is 67.7 Å². The molecule has 0 saturated heterocycles. The smallest absolute Gasteiger partial charge is 0.305 e. The number of benzene rings is 3. The fourth-order valence-corrected chi connectivity index (χ4v) is 3.58. The lowest BCUT2D eigenvalue weighted by atomic mass is 10.1. The van der Waals surface area contributed by atoms with Crippen LogP contribution in [0.25, 0.3) is 10.8 Å². The minimum atomic E-state index is -4.08. The van der Waals surface area contributed by atoms with E-state index >= 15 is 0 Å². The molecule has 14 heteroatoms. The highest BCUT2D eigenvalue weighted by Crippen LogP contribution is 2.41. The third kappa shape index (κ3) is 4.15. The van der Waals surface area contributed by atoms with Gasteiger partial charge in [0.25, 0.3) is 14.7 Å². The Morgan fingerprint density at radius 1 is 0.933 bits per heavy atom. The summed E-state index contributed by atoms with van der Waals surface area (Å²) in [6.07, 6.45) is 0. The first-order chi connectivity index (χ1) is 14.0. The van der Waals surface area contributed by atoms with Gasteiger partial charge in [0.2, 0.25) is 0 Å². The highest BCUT2D eigenvalue weighted by Gasteiger charge is 2.24. The second-order valence-electron chi connectivity index (χ2n) is 5.76. The highest BCUT2D eigenvalue weighted by molar-refractivity contribution is 8.13. The summed E-state index contributed by atoms with van der Waals surface area (Å²) in [6.45, 7) is 0. The molecule has 1 N–H and O–H groups in total. The number of halogens is 2. The van der Waals surface area contributed by atoms with Crippen LogP contribution in [0.15, 0.2) is 57.6 Å². The Morgan fingerprint density at radius 2 is 1.63 bits per heavy atom. The van der Waals surface area contributed by atoms with Crippen LogP contribution in [0.4, 0.5) is 22.7 Å². The van der Waals surface area contributed by atoms with E-state index in [1.54, 1.807) is 0 Å². The Morgan fingerprint density at radius 3 is 2.23 bits per heavy atom. The van der Waals surface area contributed by atoms with Gasteiger partial charge in [-0.15, -0.1) is 10.2 Å². The molecule has 11 nitrogen and oxygen atoms in total. The minimum absolute atomic E-state index is 0.0358. The monoisotopic (exact) mass is 470 g/mol. The Bertz CT molecular complexity index is 1360. The van der Waals surface area contributed by atoms with Gasteiger partial charge in [-0.1, -0.05) is 11.6 Å². The third-order valence-corrected chi connectivity index (χ3v) is 5.56. The van der Waals surface area contributed by atoms with Crippen LogP contribution in [0.2, 0.25) is 5.02 Å². The molecule has 0 unspecified atom stereocenters. The largest absolute Gasteiger partial charge is 0.507 e. The van der Waals surface area contributed by atoms with Gasteiger partial charge in [0.05, 0.1) is 31.5 Å². The van der Waals surface area contributed by atoms with Crippen LogP contribution in [0, 0.1) is 20.2 Å². The maximum Gasteiger partial charge on any atom is 0.305 e. The predicted molar refractivity (Wildman–Crippen MR) is 108 cm³/mol. The number of fused-ring (bicyclic) bond motifs is 1. The maximum absolute atomic E-state index is 11.6. The molecule has 0 atom stereocenters. The van der Waals surface area contributed by atoms with Crippen molar-refractivity contribution in [3.8, 4) is 5.75 Å². The molecule has 3 aromatic rings. The zero-order valence-electron chi connectivity index (χ0n) is 14.4. The lowest BCUT2D eigenvalue weighted by Crippen LogP contribution is -1.93. The Labute approximate surface area is 176 Å². The molecule has 0 bridgehead atoms. The predicted octanol–water partition coefficient (Wildman–Crippen LogP) is 5.36. The van der Waals surface area contributed by atoms with Crippen LogP contribution in [0.5, 0.6) is 5.75 Å². The molecule has 0 radical (unpaired) electrons. The molecule has 30 heavy (non-hydrogen) atoms. The van der Waals surface area contributed by atoms with E-state index in [0.717, 1.165) is 12.1 Å². The molecule has 0 aliphatic rings. The van der Waals surface area contributed by atoms with E-state index in [9.17, 15) is 33.8 Å². The Balaban J connectivity index is 2.21. The summed E-state index contributed by atoms with van der Waals surface area (Å²) in [5.74, 6) is -0.179. The summed E-state index contributed by atoms with van der Waals surface area (Å²) < 4.78 is 23.2. The van der Waals surface area contributed by atoms with Crippen LogP contribution in [0.3, 0.4) is 0 Å². The summed E-state index contributed by atoms with van der Waals surface area (Å²) in [4.78, 5) is 20.2. The molecular weight excluding hydrogens is 463 g/mol. The van der Waals surface area contributed by atoms with Crippen LogP contribution >= 0.6 is 22.3 Å². The number of azo groups is 1. The molecule has 3 aromatic carbocycles. The minimum Gasteiger partial charge on any atom is -0.507 e. The van der Waals surface area contributed by atoms with E-state index in [1.165, 1.54) is 24.3 Å². The number of hydrogen-bond acceptors (Lipinski definition) is 9. The van der Waals surface area contributed by atoms with Gasteiger partial charge < -0.3 is 5.11 Å². The topological polar surface area (TPSA) is 165 Å². The SMILES string of the molecule is O=[N+]([O-])c1cc(Cl)c(/N=N/c2ccc(O)c3ccc(S(=O)(=O)Cl)cc23)c([N+](=O)[O-])c1. The summed E-state index contributed by atoms with van der Waals surface area (Å²) in [7, 11) is 1.26. The molecule has 0 amide bonds. The number of rotatable bonds is 5. The van der Waals surface area contributed by atoms with E-state index in [4.69, 9.17) is 22.3 Å². The molecule has 0 saturated carbocycles. The van der Waals surface area contributed by atoms with Gasteiger partial charge in [0.15, 0.2) is 5.69 Å². The summed E-state index contributed by atoms with van der Waals surface area (Å²) in [5.41, 5.74) is -1.74. The van der Waals surface area contributed by atoms with E-state index < -0.39 is 36.0 Å². The zero-order chi connectivity index (χ0) is 22.2. The summed E-state index contributed by atoms with van der Waals surface area (Å²) in [6, 6.07) is 7.76. The number of nitro groups is 2. The average Bonchev–Trinajstić information content (AvgIpc) is 2.66. The van der Waals surface area contributed by atoms with Crippen LogP contribution < -0.4 is 0 Å². The maximum atomic E-state index is 11.6. The zero-order valence-corrected chi connectivity index (χ0v) is 16.7. The molecule has 0 aromatic heterocycles. The van der Waals surface area contributed by atoms with Crippen molar-refractivity contribution in [2.24, 2.45) is 10.2 Å². The van der Waals surface area contributed by atoms with E-state index in [1.807, 2.05) is 0 Å². The van der Waals surface area contributed by atoms with Gasteiger partial charge in [-0.2, -0.15) is 0 Å². The number of nitro benzene ring substituents is 2. The summed E-state index contributed by atoms with van der Waals surface area (Å²) in [5, 5.41) is 39.7. The first-order valence-electron chi connectivity index (χ1n) is 7.73. The quantitative estimate of drug-likeness (QED) is 0.226. The lowest BCUT2D eigenvalue weighted by molar-refractivity contribution is -0.393. The standard InChI is InChI=1S/C16H8Cl2N4O7S/c17-12-5-8(21(24)25)6-14(22(26)27)16(12)20-19-13-3-4-15(23)10-2-1-9(7-11(10)13)30(18,28)29/h1-7,23H/b20-19+. The van der Waals surface area contributed by atoms with Crippen molar-refractivity contribution in [2.45, 2.75) is 4.90 Å². The molecule has 0 heterocycles. The Kier molecular flexibility index (Phi) is 5.57. The number of non-ortho nitro benzene ring substituents is 1. The van der Waals surface area contributed by atoms with Gasteiger partial charge in [0.1, 0.15) is 5.75 Å². The van der Waals surface area contributed by atoms with Crippen molar-refractivity contribution in [3.63, 3.8) is 0 Å². The number of nitrogens with zero attached hydrogens (tertiary/aromatic N) is 4. The second-order valence-corrected chi connectivity index (χ2v) is 8.73. The number of phenols is 1. The van der Waals surface area contributed by atoms with E-state index in [-0.39, 0.29) is 32.1 Å². The van der Waals surface area contributed by atoms with Crippen LogP contribution in [-0.4, -0.2) is 23.4 Å². The fraction of sp³-hybridized carbons (Fsp3) is 0. The molecule has 0 fully saturated rings. The third-order valence-electron chi connectivity index (χ3n) is 3.92. The fourth-order valence-electron chi connectivity index (χ4n) is 2.55. The van der Waals surface area contributed by atoms with Gasteiger partial charge in [-0.3, -0.25) is 20.2 Å². The van der Waals surface area contributed by atoms with Gasteiger partial charge >= 0.3 is 5.69 Å². The highest BCUT2D eigenvalue weighted by atomic mass is 35.7. The van der Waals surface area contributed by atoms with E-state index in [0.29, 0.717) is 6.07 Å². The molecule has 154 valence electrons. The normalized spacial score (nSPS) is 11.8. The van der Waals surface area contributed by atoms with Crippen molar-refractivity contribution in [1.29, 1.82) is 0 Å². The number of aromatic hydroxyl groups is 1. The van der Waals surface area contributed by atoms with Gasteiger partial charge in [0, 0.05) is 27.5 Å². The van der Waals surface area contributed by atoms with Crippen molar-refractivity contribution in [1.82, 2.24) is 0 Å². The van der Waals surface area contributed by atoms with Crippen LogP contribution in [0.1, 0.15) is 0 Å². The molecule has 0 aliphatic carbocycles. The first-order valence-corrected chi connectivity index (χ1v) is 10.4.